The second kappa shape index (κ2) is 5.83. The van der Waals surface area contributed by atoms with Crippen LogP contribution in [0.1, 0.15) is 15.5 Å². The van der Waals surface area contributed by atoms with Crippen molar-refractivity contribution in [1.82, 2.24) is 15.3 Å². The summed E-state index contributed by atoms with van der Waals surface area (Å²) in [6, 6.07) is -0.00296. The summed E-state index contributed by atoms with van der Waals surface area (Å²) in [6.07, 6.45) is 1.59. The number of carbonyl (C=O) groups excluding carboxylic acids is 1. The molecule has 0 aromatic carbocycles. The smallest absolute Gasteiger partial charge is 0.328 e. The first kappa shape index (κ1) is 14.2. The van der Waals surface area contributed by atoms with Crippen LogP contribution in [0.2, 0.25) is 0 Å². The van der Waals surface area contributed by atoms with E-state index in [1.54, 1.807) is 12.3 Å². The largest absolute Gasteiger partial charge is 0.480 e. The average Bonchev–Trinajstić information content (AvgIpc) is 3.03. The van der Waals surface area contributed by atoms with E-state index >= 15 is 0 Å². The number of amides is 1. The average molecular weight is 297 g/mol. The van der Waals surface area contributed by atoms with Gasteiger partial charge in [-0.3, -0.25) is 4.79 Å². The number of hydrogen-bond donors (Lipinski definition) is 3. The van der Waals surface area contributed by atoms with E-state index in [9.17, 15) is 14.0 Å². The van der Waals surface area contributed by atoms with Crippen molar-refractivity contribution in [1.29, 1.82) is 0 Å². The molecule has 0 saturated carbocycles. The van der Waals surface area contributed by atoms with Gasteiger partial charge in [0.15, 0.2) is 6.04 Å². The standard InChI is InChI=1S/C12H12FN3O3S/c1-6-15-10(5-20-6)7-2-8(14-4-7)11(17)16-9(3-13)12(18)19/h2,4-5,9,14H,3H2,1H3,(H,16,17)(H,18,19). The third-order valence-electron chi connectivity index (χ3n) is 2.60. The highest BCUT2D eigenvalue weighted by molar-refractivity contribution is 7.09. The number of carbonyl (C=O) groups is 2. The van der Waals surface area contributed by atoms with E-state index in [0.717, 1.165) is 10.7 Å². The first-order valence-corrected chi connectivity index (χ1v) is 6.59. The van der Waals surface area contributed by atoms with Gasteiger partial charge in [0.2, 0.25) is 0 Å². The minimum absolute atomic E-state index is 0.158. The van der Waals surface area contributed by atoms with Crippen LogP contribution >= 0.6 is 11.3 Å². The zero-order valence-corrected chi connectivity index (χ0v) is 11.3. The predicted molar refractivity (Wildman–Crippen MR) is 71.5 cm³/mol. The number of aromatic nitrogens is 2. The minimum atomic E-state index is -1.55. The summed E-state index contributed by atoms with van der Waals surface area (Å²) < 4.78 is 12.4. The maximum absolute atomic E-state index is 12.4. The minimum Gasteiger partial charge on any atom is -0.480 e. The fraction of sp³-hybridized carbons (Fsp3) is 0.250. The van der Waals surface area contributed by atoms with Crippen LogP contribution in [0.3, 0.4) is 0 Å². The predicted octanol–water partition coefficient (Wildman–Crippen LogP) is 1.60. The number of aromatic amines is 1. The molecule has 8 heteroatoms. The Morgan fingerprint density at radius 3 is 2.90 bits per heavy atom. The summed E-state index contributed by atoms with van der Waals surface area (Å²) in [5, 5.41) is 13.5. The van der Waals surface area contributed by atoms with Crippen LogP contribution in [0.5, 0.6) is 0 Å². The van der Waals surface area contributed by atoms with Gasteiger partial charge < -0.3 is 15.4 Å². The van der Waals surface area contributed by atoms with E-state index in [1.807, 2.05) is 12.3 Å². The van der Waals surface area contributed by atoms with Gasteiger partial charge in [-0.2, -0.15) is 0 Å². The third-order valence-corrected chi connectivity index (χ3v) is 3.37. The number of nitrogens with zero attached hydrogens (tertiary/aromatic N) is 1. The summed E-state index contributed by atoms with van der Waals surface area (Å²) in [5.41, 5.74) is 1.60. The summed E-state index contributed by atoms with van der Waals surface area (Å²) in [5.74, 6) is -2.09. The molecule has 6 nitrogen and oxygen atoms in total. The highest BCUT2D eigenvalue weighted by Gasteiger charge is 2.21. The zero-order valence-electron chi connectivity index (χ0n) is 10.5. The van der Waals surface area contributed by atoms with Gasteiger partial charge in [-0.15, -0.1) is 11.3 Å². The normalized spacial score (nSPS) is 12.1. The lowest BCUT2D eigenvalue weighted by Gasteiger charge is -2.09. The second-order valence-electron chi connectivity index (χ2n) is 4.07. The molecule has 1 amide bonds. The Labute approximate surface area is 117 Å². The Balaban J connectivity index is 2.12. The van der Waals surface area contributed by atoms with Crippen LogP contribution < -0.4 is 5.32 Å². The van der Waals surface area contributed by atoms with Gasteiger partial charge in [0.25, 0.3) is 5.91 Å². The van der Waals surface area contributed by atoms with Crippen molar-refractivity contribution < 1.29 is 19.1 Å². The molecule has 0 bridgehead atoms. The van der Waals surface area contributed by atoms with E-state index in [0.29, 0.717) is 5.56 Å². The van der Waals surface area contributed by atoms with Crippen LogP contribution in [0, 0.1) is 6.92 Å². The van der Waals surface area contributed by atoms with E-state index in [2.05, 4.69) is 15.3 Å². The van der Waals surface area contributed by atoms with Crippen LogP contribution in [0.15, 0.2) is 17.6 Å². The number of alkyl halides is 1. The van der Waals surface area contributed by atoms with Gasteiger partial charge in [-0.1, -0.05) is 0 Å². The molecule has 1 atom stereocenters. The topological polar surface area (TPSA) is 95.1 Å². The number of rotatable bonds is 5. The van der Waals surface area contributed by atoms with Gasteiger partial charge in [0.05, 0.1) is 10.7 Å². The number of thiazole rings is 1. The third kappa shape index (κ3) is 3.02. The fourth-order valence-corrected chi connectivity index (χ4v) is 2.19. The Hall–Kier alpha value is -2.22. The van der Waals surface area contributed by atoms with Gasteiger partial charge in [-0.05, 0) is 13.0 Å². The number of H-pyrrole nitrogens is 1. The van der Waals surface area contributed by atoms with Crippen molar-refractivity contribution in [2.45, 2.75) is 13.0 Å². The molecular weight excluding hydrogens is 285 g/mol. The number of carboxylic acid groups (broad SMARTS) is 1. The maximum atomic E-state index is 12.4. The molecule has 0 spiro atoms. The van der Waals surface area contributed by atoms with Crippen molar-refractivity contribution in [3.8, 4) is 11.3 Å². The Morgan fingerprint density at radius 1 is 1.60 bits per heavy atom. The lowest BCUT2D eigenvalue weighted by molar-refractivity contribution is -0.139. The highest BCUT2D eigenvalue weighted by Crippen LogP contribution is 2.22. The molecule has 2 aromatic heterocycles. The molecule has 0 aliphatic carbocycles. The fourth-order valence-electron chi connectivity index (χ4n) is 1.57. The van der Waals surface area contributed by atoms with Crippen molar-refractivity contribution in [3.05, 3.63) is 28.3 Å². The first-order chi connectivity index (χ1) is 9.51. The van der Waals surface area contributed by atoms with Crippen LogP contribution in [0.4, 0.5) is 4.39 Å². The number of carboxylic acids is 1. The molecule has 2 rings (SSSR count). The molecular formula is C12H12FN3O3S. The molecule has 0 aliphatic heterocycles. The maximum Gasteiger partial charge on any atom is 0.328 e. The van der Waals surface area contributed by atoms with Gasteiger partial charge in [0.1, 0.15) is 12.4 Å². The number of aryl methyl sites for hydroxylation is 1. The molecule has 20 heavy (non-hydrogen) atoms. The monoisotopic (exact) mass is 297 g/mol. The van der Waals surface area contributed by atoms with Crippen molar-refractivity contribution in [2.75, 3.05) is 6.67 Å². The van der Waals surface area contributed by atoms with Gasteiger partial charge in [0, 0.05) is 17.1 Å². The van der Waals surface area contributed by atoms with E-state index in [-0.39, 0.29) is 5.69 Å². The molecule has 2 heterocycles. The molecule has 106 valence electrons. The highest BCUT2D eigenvalue weighted by atomic mass is 32.1. The van der Waals surface area contributed by atoms with Crippen molar-refractivity contribution >= 4 is 23.2 Å². The van der Waals surface area contributed by atoms with Crippen LogP contribution in [-0.2, 0) is 4.79 Å². The summed E-state index contributed by atoms with van der Waals surface area (Å²) >= 11 is 1.48. The lowest BCUT2D eigenvalue weighted by atomic mass is 10.2. The second-order valence-corrected chi connectivity index (χ2v) is 5.13. The number of aliphatic carboxylic acids is 1. The number of halogens is 1. The Morgan fingerprint density at radius 2 is 2.35 bits per heavy atom. The SMILES string of the molecule is Cc1nc(-c2c[nH]c(C(=O)NC(CF)C(=O)O)c2)cs1. The summed E-state index contributed by atoms with van der Waals surface area (Å²) in [7, 11) is 0. The van der Waals surface area contributed by atoms with Gasteiger partial charge in [-0.25, -0.2) is 14.2 Å². The molecule has 3 N–H and O–H groups in total. The van der Waals surface area contributed by atoms with Crippen molar-refractivity contribution in [3.63, 3.8) is 0 Å². The summed E-state index contributed by atoms with van der Waals surface area (Å²) in [6.45, 7) is 0.701. The van der Waals surface area contributed by atoms with E-state index in [4.69, 9.17) is 5.11 Å². The molecule has 2 aromatic rings. The van der Waals surface area contributed by atoms with E-state index < -0.39 is 24.6 Å². The van der Waals surface area contributed by atoms with Crippen LogP contribution in [-0.4, -0.2) is 39.7 Å². The van der Waals surface area contributed by atoms with E-state index in [1.165, 1.54) is 11.3 Å². The number of nitrogens with one attached hydrogen (secondary N) is 2. The van der Waals surface area contributed by atoms with Crippen LogP contribution in [0.25, 0.3) is 11.3 Å². The molecule has 0 saturated heterocycles. The number of hydrogen-bond acceptors (Lipinski definition) is 4. The molecule has 0 fully saturated rings. The first-order valence-electron chi connectivity index (χ1n) is 5.72. The molecule has 1 unspecified atom stereocenters. The molecule has 0 radical (unpaired) electrons. The molecule has 0 aliphatic rings. The Kier molecular flexibility index (Phi) is 4.14. The van der Waals surface area contributed by atoms with Crippen molar-refractivity contribution in [2.24, 2.45) is 0 Å². The van der Waals surface area contributed by atoms with Gasteiger partial charge >= 0.3 is 5.97 Å². The zero-order chi connectivity index (χ0) is 14.7. The quantitative estimate of drug-likeness (QED) is 0.781. The lowest BCUT2D eigenvalue weighted by Crippen LogP contribution is -2.42. The summed E-state index contributed by atoms with van der Waals surface area (Å²) in [4.78, 5) is 29.4. The Bertz CT molecular complexity index is 637.